The molecule has 1 aliphatic rings. The van der Waals surface area contributed by atoms with Crippen LogP contribution in [0.4, 0.5) is 5.82 Å². The Morgan fingerprint density at radius 2 is 1.94 bits per heavy atom. The number of rotatable bonds is 6. The molecule has 1 amide bonds. The predicted octanol–water partition coefficient (Wildman–Crippen LogP) is 4.75. The molecule has 3 heterocycles. The molecule has 1 aliphatic heterocycles. The van der Waals surface area contributed by atoms with E-state index in [0.717, 1.165) is 26.5 Å². The van der Waals surface area contributed by atoms with Crippen molar-refractivity contribution in [3.05, 3.63) is 59.8 Å². The average Bonchev–Trinajstić information content (AvgIpc) is 3.38. The number of benzene rings is 2. The number of amides is 1. The van der Waals surface area contributed by atoms with Crippen LogP contribution in [0.2, 0.25) is 0 Å². The van der Waals surface area contributed by atoms with E-state index in [4.69, 9.17) is 9.47 Å². The molecule has 7 nitrogen and oxygen atoms in total. The molecule has 1 atom stereocenters. The van der Waals surface area contributed by atoms with Crippen LogP contribution >= 0.6 is 11.3 Å². The second kappa shape index (κ2) is 8.03. The van der Waals surface area contributed by atoms with Crippen molar-refractivity contribution in [3.8, 4) is 16.6 Å². The van der Waals surface area contributed by atoms with E-state index in [-0.39, 0.29) is 11.8 Å². The zero-order chi connectivity index (χ0) is 21.4. The molecule has 0 spiro atoms. The van der Waals surface area contributed by atoms with Crippen molar-refractivity contribution >= 4 is 33.3 Å². The molecule has 0 saturated carbocycles. The van der Waals surface area contributed by atoms with Gasteiger partial charge in [-0.3, -0.25) is 4.79 Å². The number of ether oxygens (including phenoxy) is 2. The molecule has 1 N–H and O–H groups in total. The van der Waals surface area contributed by atoms with Crippen molar-refractivity contribution in [1.82, 2.24) is 14.8 Å². The van der Waals surface area contributed by atoms with Crippen LogP contribution in [0, 0.1) is 0 Å². The standard InChI is InChI=1S/C23H22N4O3S/c1-3-29-18-10-9-14(11-19(18)30-4-2)15-12-21(28)26-22-16(15)13-24-27(22)23-25-17-7-5-6-8-20(17)31-23/h5-11,13,15H,3-4,12H2,1-2H3,(H,26,28)/t15-/m1/s1. The number of nitrogens with one attached hydrogen (secondary N) is 1. The van der Waals surface area contributed by atoms with Gasteiger partial charge in [0.15, 0.2) is 11.5 Å². The summed E-state index contributed by atoms with van der Waals surface area (Å²) in [6, 6.07) is 13.8. The second-order valence-electron chi connectivity index (χ2n) is 7.20. The molecule has 4 aromatic rings. The molecule has 0 radical (unpaired) electrons. The van der Waals surface area contributed by atoms with E-state index >= 15 is 0 Å². The third kappa shape index (κ3) is 3.53. The maximum atomic E-state index is 12.6. The van der Waals surface area contributed by atoms with Gasteiger partial charge in [-0.25, -0.2) is 4.98 Å². The van der Waals surface area contributed by atoms with Crippen LogP contribution in [-0.4, -0.2) is 33.9 Å². The highest BCUT2D eigenvalue weighted by atomic mass is 32.1. The van der Waals surface area contributed by atoms with E-state index in [1.807, 2.05) is 62.5 Å². The van der Waals surface area contributed by atoms with Gasteiger partial charge in [-0.1, -0.05) is 29.5 Å². The second-order valence-corrected chi connectivity index (χ2v) is 8.21. The lowest BCUT2D eigenvalue weighted by molar-refractivity contribution is -0.116. The highest BCUT2D eigenvalue weighted by Gasteiger charge is 2.31. The van der Waals surface area contributed by atoms with Gasteiger partial charge in [-0.05, 0) is 43.7 Å². The molecule has 2 aromatic carbocycles. The Balaban J connectivity index is 1.56. The van der Waals surface area contributed by atoms with Crippen molar-refractivity contribution in [1.29, 1.82) is 0 Å². The Morgan fingerprint density at radius 3 is 2.74 bits per heavy atom. The first-order valence-electron chi connectivity index (χ1n) is 10.3. The largest absolute Gasteiger partial charge is 0.490 e. The number of nitrogens with zero attached hydrogens (tertiary/aromatic N) is 3. The molecule has 8 heteroatoms. The van der Waals surface area contributed by atoms with Gasteiger partial charge in [0.1, 0.15) is 5.82 Å². The summed E-state index contributed by atoms with van der Waals surface area (Å²) in [7, 11) is 0. The van der Waals surface area contributed by atoms with Crippen LogP contribution in [0.15, 0.2) is 48.7 Å². The van der Waals surface area contributed by atoms with Gasteiger partial charge in [0.2, 0.25) is 11.0 Å². The zero-order valence-electron chi connectivity index (χ0n) is 17.3. The number of hydrogen-bond acceptors (Lipinski definition) is 6. The number of carbonyl (C=O) groups is 1. The number of aromatic nitrogens is 3. The van der Waals surface area contributed by atoms with Crippen molar-refractivity contribution in [2.24, 2.45) is 0 Å². The summed E-state index contributed by atoms with van der Waals surface area (Å²) in [6.45, 7) is 4.98. The lowest BCUT2D eigenvalue weighted by Gasteiger charge is -2.24. The van der Waals surface area contributed by atoms with Gasteiger partial charge < -0.3 is 14.8 Å². The molecule has 31 heavy (non-hydrogen) atoms. The minimum absolute atomic E-state index is 0.0489. The van der Waals surface area contributed by atoms with Crippen LogP contribution in [0.25, 0.3) is 15.3 Å². The number of para-hydroxylation sites is 1. The summed E-state index contributed by atoms with van der Waals surface area (Å²) in [5, 5.41) is 8.29. The first-order chi connectivity index (χ1) is 15.2. The normalized spacial score (nSPS) is 15.5. The van der Waals surface area contributed by atoms with Crippen molar-refractivity contribution in [2.75, 3.05) is 18.5 Å². The van der Waals surface area contributed by atoms with Crippen molar-refractivity contribution in [2.45, 2.75) is 26.2 Å². The van der Waals surface area contributed by atoms with Gasteiger partial charge in [0, 0.05) is 17.9 Å². The molecular weight excluding hydrogens is 412 g/mol. The fourth-order valence-electron chi connectivity index (χ4n) is 3.90. The topological polar surface area (TPSA) is 78.3 Å². The minimum atomic E-state index is -0.123. The maximum absolute atomic E-state index is 12.6. The van der Waals surface area contributed by atoms with Crippen LogP contribution in [0.5, 0.6) is 11.5 Å². The number of anilines is 1. The third-order valence-electron chi connectivity index (χ3n) is 5.25. The summed E-state index contributed by atoms with van der Waals surface area (Å²) in [5.74, 6) is 1.90. The monoisotopic (exact) mass is 434 g/mol. The Labute approximate surface area is 183 Å². The first-order valence-corrected chi connectivity index (χ1v) is 11.1. The quantitative estimate of drug-likeness (QED) is 0.474. The van der Waals surface area contributed by atoms with E-state index in [9.17, 15) is 4.79 Å². The Morgan fingerprint density at radius 1 is 1.13 bits per heavy atom. The van der Waals surface area contributed by atoms with Gasteiger partial charge >= 0.3 is 0 Å². The smallest absolute Gasteiger partial charge is 0.226 e. The molecule has 158 valence electrons. The summed E-state index contributed by atoms with van der Waals surface area (Å²) in [6.07, 6.45) is 2.17. The molecule has 0 saturated heterocycles. The van der Waals surface area contributed by atoms with Gasteiger partial charge in [-0.15, -0.1) is 0 Å². The molecule has 0 aliphatic carbocycles. The molecule has 5 rings (SSSR count). The Bertz CT molecular complexity index is 1230. The highest BCUT2D eigenvalue weighted by Crippen LogP contribution is 2.41. The molecule has 2 aromatic heterocycles. The first kappa shape index (κ1) is 19.6. The molecule has 0 unspecified atom stereocenters. The lowest BCUT2D eigenvalue weighted by Crippen LogP contribution is -2.24. The SMILES string of the molecule is CCOc1ccc([C@H]2CC(=O)Nc3c2cnn3-c2nc3ccccc3s2)cc1OCC. The summed E-state index contributed by atoms with van der Waals surface area (Å²) >= 11 is 1.54. The number of hydrogen-bond donors (Lipinski definition) is 1. The molecule has 0 bridgehead atoms. The van der Waals surface area contributed by atoms with Gasteiger partial charge in [0.05, 0.1) is 29.6 Å². The number of carbonyl (C=O) groups excluding carboxylic acids is 1. The van der Waals surface area contributed by atoms with Crippen LogP contribution in [-0.2, 0) is 4.79 Å². The van der Waals surface area contributed by atoms with Gasteiger partial charge in [0.25, 0.3) is 0 Å². The van der Waals surface area contributed by atoms with E-state index < -0.39 is 0 Å². The molecular formula is C23H22N4O3S. The van der Waals surface area contributed by atoms with Crippen LogP contribution in [0.1, 0.15) is 37.3 Å². The maximum Gasteiger partial charge on any atom is 0.226 e. The summed E-state index contributed by atoms with van der Waals surface area (Å²) in [4.78, 5) is 17.3. The van der Waals surface area contributed by atoms with Crippen LogP contribution < -0.4 is 14.8 Å². The van der Waals surface area contributed by atoms with Crippen molar-refractivity contribution in [3.63, 3.8) is 0 Å². The average molecular weight is 435 g/mol. The fraction of sp³-hybridized carbons (Fsp3) is 0.261. The van der Waals surface area contributed by atoms with Gasteiger partial charge in [-0.2, -0.15) is 9.78 Å². The van der Waals surface area contributed by atoms with E-state index in [1.54, 1.807) is 16.0 Å². The Kier molecular flexibility index (Phi) is 5.07. The summed E-state index contributed by atoms with van der Waals surface area (Å²) in [5.41, 5.74) is 2.87. The third-order valence-corrected chi connectivity index (χ3v) is 6.27. The number of thiazole rings is 1. The fourth-order valence-corrected chi connectivity index (χ4v) is 4.83. The highest BCUT2D eigenvalue weighted by molar-refractivity contribution is 7.20. The lowest BCUT2D eigenvalue weighted by atomic mass is 9.87. The predicted molar refractivity (Wildman–Crippen MR) is 121 cm³/mol. The minimum Gasteiger partial charge on any atom is -0.490 e. The van der Waals surface area contributed by atoms with E-state index in [2.05, 4.69) is 15.4 Å². The zero-order valence-corrected chi connectivity index (χ0v) is 18.1. The Hall–Kier alpha value is -3.39. The molecule has 0 fully saturated rings. The van der Waals surface area contributed by atoms with Crippen molar-refractivity contribution < 1.29 is 14.3 Å². The number of fused-ring (bicyclic) bond motifs is 2. The van der Waals surface area contributed by atoms with Crippen LogP contribution in [0.3, 0.4) is 0 Å². The van der Waals surface area contributed by atoms with E-state index in [0.29, 0.717) is 37.0 Å². The summed E-state index contributed by atoms with van der Waals surface area (Å²) < 4.78 is 14.3. The van der Waals surface area contributed by atoms with E-state index in [1.165, 1.54) is 0 Å².